The van der Waals surface area contributed by atoms with Crippen LogP contribution in [0.15, 0.2) is 0 Å². The number of likely N-dealkylation sites (N-methyl/N-ethyl adjacent to an activating group) is 1. The monoisotopic (exact) mass is 241 g/mol. The SMILES string of the molecule is CCC(C)(CN)N(C)CC(=O)N1CCCCC1. The molecule has 4 nitrogen and oxygen atoms in total. The number of likely N-dealkylation sites (tertiary alicyclic amines) is 1. The lowest BCUT2D eigenvalue weighted by Gasteiger charge is -2.38. The number of carbonyl (C=O) groups is 1. The van der Waals surface area contributed by atoms with Crippen LogP contribution in [0, 0.1) is 0 Å². The molecule has 0 bridgehead atoms. The normalized spacial score (nSPS) is 20.4. The van der Waals surface area contributed by atoms with Crippen molar-refractivity contribution < 1.29 is 4.79 Å². The van der Waals surface area contributed by atoms with E-state index in [1.807, 2.05) is 11.9 Å². The summed E-state index contributed by atoms with van der Waals surface area (Å²) in [6, 6.07) is 0. The second-order valence-electron chi connectivity index (χ2n) is 5.35. The second-order valence-corrected chi connectivity index (χ2v) is 5.35. The van der Waals surface area contributed by atoms with Crippen LogP contribution in [0.4, 0.5) is 0 Å². The van der Waals surface area contributed by atoms with Crippen molar-refractivity contribution in [2.24, 2.45) is 5.73 Å². The predicted octanol–water partition coefficient (Wildman–Crippen LogP) is 1.06. The minimum absolute atomic E-state index is 0.0640. The summed E-state index contributed by atoms with van der Waals surface area (Å²) in [6.07, 6.45) is 4.52. The Kier molecular flexibility index (Phi) is 5.40. The molecule has 0 spiro atoms. The van der Waals surface area contributed by atoms with E-state index in [2.05, 4.69) is 18.7 Å². The average Bonchev–Trinajstić information content (AvgIpc) is 2.38. The van der Waals surface area contributed by atoms with E-state index in [0.717, 1.165) is 32.4 Å². The van der Waals surface area contributed by atoms with Crippen molar-refractivity contribution >= 4 is 5.91 Å². The van der Waals surface area contributed by atoms with Crippen LogP contribution in [0.2, 0.25) is 0 Å². The molecule has 0 saturated carbocycles. The number of carbonyl (C=O) groups excluding carboxylic acids is 1. The van der Waals surface area contributed by atoms with Crippen molar-refractivity contribution in [1.29, 1.82) is 0 Å². The number of nitrogens with two attached hydrogens (primary N) is 1. The number of amides is 1. The quantitative estimate of drug-likeness (QED) is 0.783. The van der Waals surface area contributed by atoms with E-state index < -0.39 is 0 Å². The zero-order valence-electron chi connectivity index (χ0n) is 11.5. The van der Waals surface area contributed by atoms with Crippen LogP contribution in [0.3, 0.4) is 0 Å². The number of rotatable bonds is 5. The molecule has 0 radical (unpaired) electrons. The topological polar surface area (TPSA) is 49.6 Å². The fourth-order valence-electron chi connectivity index (χ4n) is 2.21. The second kappa shape index (κ2) is 6.36. The van der Waals surface area contributed by atoms with Crippen molar-refractivity contribution in [3.63, 3.8) is 0 Å². The lowest BCUT2D eigenvalue weighted by molar-refractivity contribution is -0.134. The van der Waals surface area contributed by atoms with Crippen molar-refractivity contribution in [3.8, 4) is 0 Å². The molecule has 0 aliphatic carbocycles. The molecule has 2 N–H and O–H groups in total. The highest BCUT2D eigenvalue weighted by molar-refractivity contribution is 5.78. The van der Waals surface area contributed by atoms with Crippen LogP contribution >= 0.6 is 0 Å². The zero-order chi connectivity index (χ0) is 12.9. The van der Waals surface area contributed by atoms with Crippen LogP contribution in [0.25, 0.3) is 0 Å². The Morgan fingerprint density at radius 3 is 2.41 bits per heavy atom. The summed E-state index contributed by atoms with van der Waals surface area (Å²) in [5.41, 5.74) is 5.74. The van der Waals surface area contributed by atoms with Crippen LogP contribution in [0.1, 0.15) is 39.5 Å². The minimum atomic E-state index is -0.0640. The van der Waals surface area contributed by atoms with Gasteiger partial charge in [-0.25, -0.2) is 0 Å². The van der Waals surface area contributed by atoms with E-state index in [4.69, 9.17) is 5.73 Å². The molecule has 1 heterocycles. The molecule has 1 atom stereocenters. The molecular weight excluding hydrogens is 214 g/mol. The molecule has 17 heavy (non-hydrogen) atoms. The summed E-state index contributed by atoms with van der Waals surface area (Å²) in [5.74, 6) is 0.250. The van der Waals surface area contributed by atoms with Gasteiger partial charge in [0.2, 0.25) is 5.91 Å². The van der Waals surface area contributed by atoms with E-state index in [-0.39, 0.29) is 11.4 Å². The maximum atomic E-state index is 12.1. The van der Waals surface area contributed by atoms with Crippen molar-refractivity contribution in [2.75, 3.05) is 33.2 Å². The molecule has 1 fully saturated rings. The Morgan fingerprint density at radius 1 is 1.35 bits per heavy atom. The van der Waals surface area contributed by atoms with Gasteiger partial charge in [-0.1, -0.05) is 6.92 Å². The number of hydrogen-bond acceptors (Lipinski definition) is 3. The molecule has 4 heteroatoms. The number of nitrogens with zero attached hydrogens (tertiary/aromatic N) is 2. The van der Waals surface area contributed by atoms with Crippen LogP contribution in [-0.2, 0) is 4.79 Å². The molecule has 1 aliphatic rings. The fourth-order valence-corrected chi connectivity index (χ4v) is 2.21. The lowest BCUT2D eigenvalue weighted by atomic mass is 9.97. The molecule has 1 amide bonds. The Labute approximate surface area is 105 Å². The molecular formula is C13H27N3O. The zero-order valence-corrected chi connectivity index (χ0v) is 11.5. The van der Waals surface area contributed by atoms with E-state index in [1.165, 1.54) is 6.42 Å². The van der Waals surface area contributed by atoms with Crippen LogP contribution in [-0.4, -0.2) is 54.5 Å². The molecule has 1 aliphatic heterocycles. The summed E-state index contributed by atoms with van der Waals surface area (Å²) >= 11 is 0. The maximum absolute atomic E-state index is 12.1. The standard InChI is InChI=1S/C13H27N3O/c1-4-13(2,11-14)15(3)10-12(17)16-8-6-5-7-9-16/h4-11,14H2,1-3H3. The summed E-state index contributed by atoms with van der Waals surface area (Å²) < 4.78 is 0. The molecule has 1 saturated heterocycles. The minimum Gasteiger partial charge on any atom is -0.342 e. The first kappa shape index (κ1) is 14.5. The van der Waals surface area contributed by atoms with E-state index in [1.54, 1.807) is 0 Å². The van der Waals surface area contributed by atoms with E-state index >= 15 is 0 Å². The molecule has 1 rings (SSSR count). The third-order valence-electron chi connectivity index (χ3n) is 4.20. The van der Waals surface area contributed by atoms with Gasteiger partial charge in [0.15, 0.2) is 0 Å². The van der Waals surface area contributed by atoms with Crippen molar-refractivity contribution in [1.82, 2.24) is 9.80 Å². The van der Waals surface area contributed by atoms with Gasteiger partial charge in [0, 0.05) is 25.2 Å². The Bertz CT molecular complexity index is 245. The van der Waals surface area contributed by atoms with Crippen molar-refractivity contribution in [3.05, 3.63) is 0 Å². The first-order chi connectivity index (χ1) is 8.03. The highest BCUT2D eigenvalue weighted by Crippen LogP contribution is 2.16. The molecule has 1 unspecified atom stereocenters. The molecule has 0 aromatic rings. The molecule has 100 valence electrons. The summed E-state index contributed by atoms with van der Waals surface area (Å²) in [4.78, 5) is 16.2. The van der Waals surface area contributed by atoms with Gasteiger partial charge in [0.25, 0.3) is 0 Å². The Hall–Kier alpha value is -0.610. The van der Waals surface area contributed by atoms with Gasteiger partial charge in [-0.15, -0.1) is 0 Å². The van der Waals surface area contributed by atoms with Gasteiger partial charge in [-0.05, 0) is 39.7 Å². The third-order valence-corrected chi connectivity index (χ3v) is 4.20. The summed E-state index contributed by atoms with van der Waals surface area (Å²) in [7, 11) is 2.00. The third kappa shape index (κ3) is 3.68. The number of piperidine rings is 1. The Morgan fingerprint density at radius 2 is 1.94 bits per heavy atom. The first-order valence-corrected chi connectivity index (χ1v) is 6.72. The fraction of sp³-hybridized carbons (Fsp3) is 0.923. The van der Waals surface area contributed by atoms with Crippen LogP contribution < -0.4 is 5.73 Å². The van der Waals surface area contributed by atoms with Crippen LogP contribution in [0.5, 0.6) is 0 Å². The van der Waals surface area contributed by atoms with Gasteiger partial charge in [-0.3, -0.25) is 9.69 Å². The Balaban J connectivity index is 2.49. The number of hydrogen-bond donors (Lipinski definition) is 1. The predicted molar refractivity (Wildman–Crippen MR) is 70.8 cm³/mol. The van der Waals surface area contributed by atoms with E-state index in [0.29, 0.717) is 13.1 Å². The molecule has 0 aromatic heterocycles. The first-order valence-electron chi connectivity index (χ1n) is 6.72. The lowest BCUT2D eigenvalue weighted by Crippen LogP contribution is -2.53. The highest BCUT2D eigenvalue weighted by atomic mass is 16.2. The smallest absolute Gasteiger partial charge is 0.236 e. The summed E-state index contributed by atoms with van der Waals surface area (Å²) in [5, 5.41) is 0. The van der Waals surface area contributed by atoms with Gasteiger partial charge in [0.1, 0.15) is 0 Å². The highest BCUT2D eigenvalue weighted by Gasteiger charge is 2.28. The summed E-state index contributed by atoms with van der Waals surface area (Å²) in [6.45, 7) is 7.18. The largest absolute Gasteiger partial charge is 0.342 e. The van der Waals surface area contributed by atoms with Gasteiger partial charge in [-0.2, -0.15) is 0 Å². The van der Waals surface area contributed by atoms with E-state index in [9.17, 15) is 4.79 Å². The van der Waals surface area contributed by atoms with Gasteiger partial charge in [0.05, 0.1) is 6.54 Å². The molecule has 0 aromatic carbocycles. The maximum Gasteiger partial charge on any atom is 0.236 e. The average molecular weight is 241 g/mol. The van der Waals surface area contributed by atoms with Gasteiger partial charge >= 0.3 is 0 Å². The van der Waals surface area contributed by atoms with Gasteiger partial charge < -0.3 is 10.6 Å². The van der Waals surface area contributed by atoms with Crippen molar-refractivity contribution in [2.45, 2.75) is 45.1 Å².